The lowest BCUT2D eigenvalue weighted by molar-refractivity contribution is -0.245. The Bertz CT molecular complexity index is 716. The molecule has 0 bridgehead atoms. The van der Waals surface area contributed by atoms with E-state index in [1.165, 1.54) is 0 Å². The molecule has 7 heteroatoms. The average Bonchev–Trinajstić information content (AvgIpc) is 2.59. The standard InChI is InChI=1S/C18H23NO6/c1-8-9(2)13(21)6-10-5-11(3-4-12(8)10)19-15-17(23)16(22)14(7-20)25-18(15)24/h3-5,14-20,22-24H,6-7H2,1-2H3/t14?,15?,16-,17-,18-/m0/s1. The van der Waals surface area contributed by atoms with Gasteiger partial charge >= 0.3 is 0 Å². The largest absolute Gasteiger partial charge is 0.394 e. The topological polar surface area (TPSA) is 119 Å². The van der Waals surface area contributed by atoms with Crippen LogP contribution in [0.25, 0.3) is 5.57 Å². The van der Waals surface area contributed by atoms with Crippen LogP contribution in [0.2, 0.25) is 0 Å². The Morgan fingerprint density at radius 2 is 1.88 bits per heavy atom. The van der Waals surface area contributed by atoms with Crippen molar-refractivity contribution in [3.05, 3.63) is 34.9 Å². The van der Waals surface area contributed by atoms with E-state index in [0.717, 1.165) is 22.3 Å². The molecule has 25 heavy (non-hydrogen) atoms. The maximum atomic E-state index is 12.0. The lowest BCUT2D eigenvalue weighted by Gasteiger charge is -2.40. The molecule has 2 unspecified atom stereocenters. The molecule has 7 nitrogen and oxygen atoms in total. The zero-order chi connectivity index (χ0) is 18.3. The number of fused-ring (bicyclic) bond motifs is 1. The number of aliphatic hydroxyl groups is 4. The van der Waals surface area contributed by atoms with E-state index in [1.807, 2.05) is 19.9 Å². The summed E-state index contributed by atoms with van der Waals surface area (Å²) >= 11 is 0. The van der Waals surface area contributed by atoms with Crippen molar-refractivity contribution in [1.29, 1.82) is 0 Å². The quantitative estimate of drug-likeness (QED) is 0.513. The van der Waals surface area contributed by atoms with Gasteiger partial charge in [-0.15, -0.1) is 0 Å². The fourth-order valence-corrected chi connectivity index (χ4v) is 3.36. The summed E-state index contributed by atoms with van der Waals surface area (Å²) in [6.45, 7) is 3.22. The second-order valence-electron chi connectivity index (χ2n) is 6.62. The minimum Gasteiger partial charge on any atom is -0.394 e. The Morgan fingerprint density at radius 1 is 1.16 bits per heavy atom. The summed E-state index contributed by atoms with van der Waals surface area (Å²) in [7, 11) is 0. The van der Waals surface area contributed by atoms with E-state index in [4.69, 9.17) is 9.84 Å². The Balaban J connectivity index is 1.83. The maximum absolute atomic E-state index is 12.0. The van der Waals surface area contributed by atoms with Crippen LogP contribution in [0.5, 0.6) is 0 Å². The highest BCUT2D eigenvalue weighted by molar-refractivity contribution is 6.06. The van der Waals surface area contributed by atoms with Crippen molar-refractivity contribution in [3.63, 3.8) is 0 Å². The highest BCUT2D eigenvalue weighted by atomic mass is 16.6. The second-order valence-corrected chi connectivity index (χ2v) is 6.62. The molecule has 1 aromatic carbocycles. The van der Waals surface area contributed by atoms with E-state index in [-0.39, 0.29) is 5.78 Å². The van der Waals surface area contributed by atoms with E-state index < -0.39 is 37.3 Å². The van der Waals surface area contributed by atoms with Gasteiger partial charge in [0.25, 0.3) is 0 Å². The summed E-state index contributed by atoms with van der Waals surface area (Å²) in [5.41, 5.74) is 4.18. The fourth-order valence-electron chi connectivity index (χ4n) is 3.36. The second kappa shape index (κ2) is 6.86. The molecule has 5 atom stereocenters. The summed E-state index contributed by atoms with van der Waals surface area (Å²) in [5, 5.41) is 42.3. The van der Waals surface area contributed by atoms with Gasteiger partial charge in [0.15, 0.2) is 12.1 Å². The Labute approximate surface area is 145 Å². The van der Waals surface area contributed by atoms with Crippen LogP contribution in [-0.2, 0) is 16.0 Å². The maximum Gasteiger partial charge on any atom is 0.178 e. The fraction of sp³-hybridized carbons (Fsp3) is 0.500. The molecule has 136 valence electrons. The van der Waals surface area contributed by atoms with Crippen molar-refractivity contribution in [2.24, 2.45) is 0 Å². The number of anilines is 1. The lowest BCUT2D eigenvalue weighted by Crippen LogP contribution is -2.61. The van der Waals surface area contributed by atoms with E-state index >= 15 is 0 Å². The molecule has 0 spiro atoms. The first-order chi connectivity index (χ1) is 11.8. The predicted octanol–water partition coefficient (Wildman–Crippen LogP) is -0.183. The van der Waals surface area contributed by atoms with Gasteiger partial charge in [-0.05, 0) is 48.3 Å². The Hall–Kier alpha value is -1.77. The number of aliphatic hydroxyl groups excluding tert-OH is 4. The van der Waals surface area contributed by atoms with Crippen molar-refractivity contribution < 1.29 is 30.0 Å². The first-order valence-electron chi connectivity index (χ1n) is 8.24. The number of carbonyl (C=O) groups is 1. The number of allylic oxidation sites excluding steroid dienone is 2. The van der Waals surface area contributed by atoms with Gasteiger partial charge in [-0.1, -0.05) is 6.07 Å². The molecule has 1 fully saturated rings. The minimum atomic E-state index is -1.39. The van der Waals surface area contributed by atoms with Crippen LogP contribution in [-0.4, -0.2) is 63.5 Å². The zero-order valence-corrected chi connectivity index (χ0v) is 14.1. The zero-order valence-electron chi connectivity index (χ0n) is 14.1. The van der Waals surface area contributed by atoms with E-state index in [9.17, 15) is 20.1 Å². The van der Waals surface area contributed by atoms with Crippen LogP contribution in [0.3, 0.4) is 0 Å². The molecule has 2 aliphatic rings. The first-order valence-corrected chi connectivity index (χ1v) is 8.24. The third kappa shape index (κ3) is 3.21. The molecule has 5 N–H and O–H groups in total. The Morgan fingerprint density at radius 3 is 2.56 bits per heavy atom. The number of ketones is 1. The summed E-state index contributed by atoms with van der Waals surface area (Å²) in [5.74, 6) is 0.0735. The van der Waals surface area contributed by atoms with Gasteiger partial charge in [0.05, 0.1) is 6.61 Å². The lowest BCUT2D eigenvalue weighted by atomic mass is 9.86. The van der Waals surface area contributed by atoms with Gasteiger partial charge in [0, 0.05) is 12.1 Å². The number of Topliss-reactive ketones (excluding diaryl/α,β-unsaturated/α-hetero) is 1. The molecule has 0 aromatic heterocycles. The number of hydrogen-bond acceptors (Lipinski definition) is 7. The van der Waals surface area contributed by atoms with Crippen molar-refractivity contribution in [2.45, 2.75) is 50.9 Å². The van der Waals surface area contributed by atoms with E-state index in [0.29, 0.717) is 12.1 Å². The molecule has 1 aliphatic heterocycles. The van der Waals surface area contributed by atoms with Crippen molar-refractivity contribution in [2.75, 3.05) is 11.9 Å². The van der Waals surface area contributed by atoms with E-state index in [1.54, 1.807) is 12.1 Å². The van der Waals surface area contributed by atoms with Crippen LogP contribution < -0.4 is 5.32 Å². The van der Waals surface area contributed by atoms with Crippen LogP contribution in [0.1, 0.15) is 25.0 Å². The van der Waals surface area contributed by atoms with Gasteiger partial charge in [-0.25, -0.2) is 0 Å². The van der Waals surface area contributed by atoms with Gasteiger partial charge in [-0.2, -0.15) is 0 Å². The summed E-state index contributed by atoms with van der Waals surface area (Å²) < 4.78 is 5.14. The SMILES string of the molecule is CC1=C(C)c2ccc(NC3[C@@H](O)OC(CO)[C@H](O)[C@H]3O)cc2CC1=O. The van der Waals surface area contributed by atoms with Gasteiger partial charge in [-0.3, -0.25) is 4.79 Å². The molecule has 1 heterocycles. The number of benzene rings is 1. The molecule has 1 saturated heterocycles. The average molecular weight is 349 g/mol. The smallest absolute Gasteiger partial charge is 0.178 e. The summed E-state index contributed by atoms with van der Waals surface area (Å²) in [6.07, 6.45) is -4.77. The molecule has 3 rings (SSSR count). The minimum absolute atomic E-state index is 0.0735. The van der Waals surface area contributed by atoms with Crippen molar-refractivity contribution in [1.82, 2.24) is 0 Å². The molecular weight excluding hydrogens is 326 g/mol. The van der Waals surface area contributed by atoms with Gasteiger partial charge < -0.3 is 30.5 Å². The van der Waals surface area contributed by atoms with Crippen LogP contribution in [0.15, 0.2) is 23.8 Å². The molecule has 1 aliphatic carbocycles. The van der Waals surface area contributed by atoms with Crippen LogP contribution in [0.4, 0.5) is 5.69 Å². The van der Waals surface area contributed by atoms with Crippen molar-refractivity contribution in [3.8, 4) is 0 Å². The highest BCUT2D eigenvalue weighted by Gasteiger charge is 2.43. The number of nitrogens with one attached hydrogen (secondary N) is 1. The monoisotopic (exact) mass is 349 g/mol. The summed E-state index contributed by atoms with van der Waals surface area (Å²) in [4.78, 5) is 12.0. The molecule has 1 aromatic rings. The first kappa shape index (κ1) is 18.0. The number of hydrogen-bond donors (Lipinski definition) is 5. The number of ether oxygens (including phenoxy) is 1. The molecule has 0 saturated carbocycles. The predicted molar refractivity (Wildman–Crippen MR) is 90.8 cm³/mol. The normalized spacial score (nSPS) is 32.6. The third-order valence-corrected chi connectivity index (χ3v) is 5.07. The molecule has 0 amide bonds. The van der Waals surface area contributed by atoms with Crippen molar-refractivity contribution >= 4 is 17.0 Å². The number of rotatable bonds is 3. The van der Waals surface area contributed by atoms with Crippen LogP contribution in [0, 0.1) is 0 Å². The van der Waals surface area contributed by atoms with Crippen LogP contribution >= 0.6 is 0 Å². The number of carbonyl (C=O) groups excluding carboxylic acids is 1. The van der Waals surface area contributed by atoms with Gasteiger partial charge in [0.2, 0.25) is 0 Å². The summed E-state index contributed by atoms with van der Waals surface area (Å²) in [6, 6.07) is 4.51. The Kier molecular flexibility index (Phi) is 4.95. The third-order valence-electron chi connectivity index (χ3n) is 5.07. The highest BCUT2D eigenvalue weighted by Crippen LogP contribution is 2.32. The van der Waals surface area contributed by atoms with E-state index in [2.05, 4.69) is 5.32 Å². The van der Waals surface area contributed by atoms with Gasteiger partial charge in [0.1, 0.15) is 24.4 Å². The molecule has 0 radical (unpaired) electrons. The molecular formula is C18H23NO6.